The first kappa shape index (κ1) is 13.5. The molecular weight excluding hydrogens is 290 g/mol. The molecule has 0 unspecified atom stereocenters. The summed E-state index contributed by atoms with van der Waals surface area (Å²) in [5.74, 6) is -0.802. The molecule has 0 atom stereocenters. The van der Waals surface area contributed by atoms with E-state index in [2.05, 4.69) is 21.2 Å². The lowest BCUT2D eigenvalue weighted by atomic mass is 10.2. The molecule has 0 aliphatic heterocycles. The van der Waals surface area contributed by atoms with Crippen molar-refractivity contribution in [3.05, 3.63) is 28.2 Å². The summed E-state index contributed by atoms with van der Waals surface area (Å²) in [6.07, 6.45) is 0. The largest absolute Gasteiger partial charge is 0.483 e. The minimum absolute atomic E-state index is 0.0984. The summed E-state index contributed by atoms with van der Waals surface area (Å²) in [4.78, 5) is 21.8. The van der Waals surface area contributed by atoms with E-state index in [-0.39, 0.29) is 18.1 Å². The van der Waals surface area contributed by atoms with Crippen LogP contribution < -0.4 is 10.1 Å². The number of ether oxygens (including phenoxy) is 1. The fourth-order valence-electron chi connectivity index (χ4n) is 1.14. The Morgan fingerprint density at radius 3 is 2.71 bits per heavy atom. The van der Waals surface area contributed by atoms with Gasteiger partial charge in [0.25, 0.3) is 5.91 Å². The molecule has 1 aromatic rings. The molecule has 2 N–H and O–H groups in total. The first-order chi connectivity index (χ1) is 8.04. The zero-order valence-electron chi connectivity index (χ0n) is 9.20. The maximum Gasteiger partial charge on any atom is 0.335 e. The number of rotatable bonds is 5. The first-order valence-corrected chi connectivity index (χ1v) is 5.76. The van der Waals surface area contributed by atoms with Crippen molar-refractivity contribution in [2.75, 3.05) is 13.2 Å². The van der Waals surface area contributed by atoms with E-state index in [0.29, 0.717) is 16.8 Å². The van der Waals surface area contributed by atoms with Crippen LogP contribution in [0.1, 0.15) is 17.3 Å². The Bertz CT molecular complexity index is 433. The van der Waals surface area contributed by atoms with Gasteiger partial charge in [0.15, 0.2) is 6.61 Å². The number of carboxylic acid groups (broad SMARTS) is 1. The van der Waals surface area contributed by atoms with Gasteiger partial charge in [-0.2, -0.15) is 0 Å². The van der Waals surface area contributed by atoms with Crippen LogP contribution in [0, 0.1) is 0 Å². The van der Waals surface area contributed by atoms with Gasteiger partial charge in [0.05, 0.1) is 10.0 Å². The van der Waals surface area contributed by atoms with Gasteiger partial charge in [0.1, 0.15) is 5.75 Å². The van der Waals surface area contributed by atoms with E-state index in [9.17, 15) is 9.59 Å². The second-order valence-electron chi connectivity index (χ2n) is 3.19. The molecule has 0 saturated heterocycles. The number of hydrogen-bond donors (Lipinski definition) is 2. The van der Waals surface area contributed by atoms with Crippen LogP contribution in [0.15, 0.2) is 22.7 Å². The molecule has 0 aliphatic rings. The number of likely N-dealkylation sites (N-methyl/N-ethyl adjacent to an activating group) is 1. The van der Waals surface area contributed by atoms with E-state index < -0.39 is 5.97 Å². The van der Waals surface area contributed by atoms with Gasteiger partial charge in [-0.25, -0.2) is 4.79 Å². The molecule has 92 valence electrons. The van der Waals surface area contributed by atoms with E-state index >= 15 is 0 Å². The van der Waals surface area contributed by atoms with Crippen molar-refractivity contribution in [3.8, 4) is 5.75 Å². The van der Waals surface area contributed by atoms with Crippen LogP contribution in [0.3, 0.4) is 0 Å². The number of hydrogen-bond acceptors (Lipinski definition) is 3. The van der Waals surface area contributed by atoms with E-state index in [1.54, 1.807) is 0 Å². The average Bonchev–Trinajstić information content (AvgIpc) is 2.27. The second-order valence-corrected chi connectivity index (χ2v) is 4.05. The molecule has 0 radical (unpaired) electrons. The third kappa shape index (κ3) is 4.07. The molecule has 6 heteroatoms. The smallest absolute Gasteiger partial charge is 0.335 e. The second kappa shape index (κ2) is 6.24. The number of aromatic carboxylic acids is 1. The molecule has 0 fully saturated rings. The van der Waals surface area contributed by atoms with Crippen LogP contribution in [-0.2, 0) is 4.79 Å². The number of carboxylic acids is 1. The highest BCUT2D eigenvalue weighted by Gasteiger charge is 2.08. The van der Waals surface area contributed by atoms with E-state index in [1.165, 1.54) is 18.2 Å². The van der Waals surface area contributed by atoms with Crippen molar-refractivity contribution in [1.29, 1.82) is 0 Å². The first-order valence-electron chi connectivity index (χ1n) is 4.97. The standard InChI is InChI=1S/C11H12BrNO4/c1-2-13-10(14)6-17-9-4-3-7(11(15)16)5-8(9)12/h3-5H,2,6H2,1H3,(H,13,14)(H,15,16). The summed E-state index contributed by atoms with van der Waals surface area (Å²) in [6, 6.07) is 4.35. The van der Waals surface area contributed by atoms with Gasteiger partial charge in [0, 0.05) is 6.54 Å². The van der Waals surface area contributed by atoms with Gasteiger partial charge in [-0.15, -0.1) is 0 Å². The molecule has 5 nitrogen and oxygen atoms in total. The molecule has 0 heterocycles. The fourth-order valence-corrected chi connectivity index (χ4v) is 1.64. The maximum absolute atomic E-state index is 11.2. The van der Waals surface area contributed by atoms with Crippen LogP contribution in [0.4, 0.5) is 0 Å². The van der Waals surface area contributed by atoms with Gasteiger partial charge >= 0.3 is 5.97 Å². The zero-order valence-corrected chi connectivity index (χ0v) is 10.8. The van der Waals surface area contributed by atoms with Crippen molar-refractivity contribution in [1.82, 2.24) is 5.32 Å². The third-order valence-electron chi connectivity index (χ3n) is 1.91. The summed E-state index contributed by atoms with van der Waals surface area (Å²) in [6.45, 7) is 2.26. The number of amides is 1. The maximum atomic E-state index is 11.2. The Kier molecular flexibility index (Phi) is 4.96. The van der Waals surface area contributed by atoms with Gasteiger partial charge in [0.2, 0.25) is 0 Å². The van der Waals surface area contributed by atoms with Gasteiger partial charge in [-0.3, -0.25) is 4.79 Å². The van der Waals surface area contributed by atoms with Crippen molar-refractivity contribution >= 4 is 27.8 Å². The number of halogens is 1. The number of benzene rings is 1. The molecule has 1 aromatic carbocycles. The zero-order chi connectivity index (χ0) is 12.8. The molecule has 1 amide bonds. The van der Waals surface area contributed by atoms with Gasteiger partial charge in [-0.1, -0.05) is 0 Å². The molecule has 0 spiro atoms. The number of nitrogens with one attached hydrogen (secondary N) is 1. The quantitative estimate of drug-likeness (QED) is 0.867. The van der Waals surface area contributed by atoms with Crippen LogP contribution in [0.5, 0.6) is 5.75 Å². The predicted octanol–water partition coefficient (Wildman–Crippen LogP) is 1.66. The van der Waals surface area contributed by atoms with Crippen LogP contribution in [0.25, 0.3) is 0 Å². The Morgan fingerprint density at radius 1 is 1.47 bits per heavy atom. The summed E-state index contributed by atoms with van der Waals surface area (Å²) in [7, 11) is 0. The molecule has 0 bridgehead atoms. The van der Waals surface area contributed by atoms with Crippen LogP contribution in [0.2, 0.25) is 0 Å². The van der Waals surface area contributed by atoms with Crippen molar-refractivity contribution < 1.29 is 19.4 Å². The highest BCUT2D eigenvalue weighted by molar-refractivity contribution is 9.10. The lowest BCUT2D eigenvalue weighted by Crippen LogP contribution is -2.28. The summed E-state index contributed by atoms with van der Waals surface area (Å²) >= 11 is 3.18. The molecular formula is C11H12BrNO4. The van der Waals surface area contributed by atoms with Crippen molar-refractivity contribution in [2.45, 2.75) is 6.92 Å². The molecule has 1 rings (SSSR count). The Morgan fingerprint density at radius 2 is 2.18 bits per heavy atom. The lowest BCUT2D eigenvalue weighted by molar-refractivity contribution is -0.123. The topological polar surface area (TPSA) is 75.6 Å². The van der Waals surface area contributed by atoms with Crippen molar-refractivity contribution in [3.63, 3.8) is 0 Å². The Hall–Kier alpha value is -1.56. The molecule has 0 saturated carbocycles. The molecule has 17 heavy (non-hydrogen) atoms. The monoisotopic (exact) mass is 301 g/mol. The van der Waals surface area contributed by atoms with Gasteiger partial charge in [-0.05, 0) is 41.1 Å². The van der Waals surface area contributed by atoms with Crippen LogP contribution >= 0.6 is 15.9 Å². The number of carbonyl (C=O) groups is 2. The predicted molar refractivity (Wildman–Crippen MR) is 65.3 cm³/mol. The fraction of sp³-hybridized carbons (Fsp3) is 0.273. The summed E-state index contributed by atoms with van der Waals surface area (Å²) in [5.41, 5.74) is 0.155. The summed E-state index contributed by atoms with van der Waals surface area (Å²) in [5, 5.41) is 11.4. The SMILES string of the molecule is CCNC(=O)COc1ccc(C(=O)O)cc1Br. The average molecular weight is 302 g/mol. The minimum atomic E-state index is -1.01. The van der Waals surface area contributed by atoms with E-state index in [1.807, 2.05) is 6.92 Å². The third-order valence-corrected chi connectivity index (χ3v) is 2.53. The van der Waals surface area contributed by atoms with Gasteiger partial charge < -0.3 is 15.2 Å². The summed E-state index contributed by atoms with van der Waals surface area (Å²) < 4.78 is 5.74. The highest BCUT2D eigenvalue weighted by atomic mass is 79.9. The Balaban J connectivity index is 2.66. The highest BCUT2D eigenvalue weighted by Crippen LogP contribution is 2.25. The van der Waals surface area contributed by atoms with E-state index in [4.69, 9.17) is 9.84 Å². The molecule has 0 aliphatic carbocycles. The minimum Gasteiger partial charge on any atom is -0.483 e. The van der Waals surface area contributed by atoms with Crippen LogP contribution in [-0.4, -0.2) is 30.1 Å². The van der Waals surface area contributed by atoms with E-state index in [0.717, 1.165) is 0 Å². The Labute approximate surface area is 107 Å². The normalized spacial score (nSPS) is 9.76. The van der Waals surface area contributed by atoms with Crippen molar-refractivity contribution in [2.24, 2.45) is 0 Å². The molecule has 0 aromatic heterocycles. The lowest BCUT2D eigenvalue weighted by Gasteiger charge is -2.08. The number of carbonyl (C=O) groups excluding carboxylic acids is 1.